The van der Waals surface area contributed by atoms with Crippen molar-refractivity contribution in [3.8, 4) is 5.75 Å². The van der Waals surface area contributed by atoms with Crippen molar-refractivity contribution >= 4 is 0 Å². The fourth-order valence-corrected chi connectivity index (χ4v) is 1.28. The third-order valence-corrected chi connectivity index (χ3v) is 2.10. The molecule has 0 spiro atoms. The van der Waals surface area contributed by atoms with Crippen LogP contribution in [0.25, 0.3) is 0 Å². The van der Waals surface area contributed by atoms with E-state index in [0.717, 1.165) is 0 Å². The lowest BCUT2D eigenvalue weighted by molar-refractivity contribution is -0.138. The third kappa shape index (κ3) is 3.43. The summed E-state index contributed by atoms with van der Waals surface area (Å²) in [5, 5.41) is 9.20. The number of phenolic OH excluding ortho intramolecular Hbond substituents is 1. The number of halogens is 3. The molecule has 15 heavy (non-hydrogen) atoms. The highest BCUT2D eigenvalue weighted by molar-refractivity contribution is 5.36. The van der Waals surface area contributed by atoms with E-state index in [2.05, 4.69) is 0 Å². The predicted molar refractivity (Wildman–Crippen MR) is 50.4 cm³/mol. The Hall–Kier alpha value is -1.23. The monoisotopic (exact) mass is 219 g/mol. The van der Waals surface area contributed by atoms with Crippen LogP contribution >= 0.6 is 0 Å². The molecule has 0 saturated carbocycles. The second-order valence-electron chi connectivity index (χ2n) is 3.47. The van der Waals surface area contributed by atoms with E-state index in [1.165, 1.54) is 18.2 Å². The maximum atomic E-state index is 12.0. The smallest absolute Gasteiger partial charge is 0.390 e. The van der Waals surface area contributed by atoms with E-state index in [4.69, 9.17) is 5.73 Å². The lowest BCUT2D eigenvalue weighted by Gasteiger charge is -2.15. The Morgan fingerprint density at radius 1 is 1.40 bits per heavy atom. The number of aromatic hydroxyl groups is 1. The van der Waals surface area contributed by atoms with Gasteiger partial charge in [0.05, 0.1) is 6.42 Å². The molecule has 1 aromatic rings. The minimum atomic E-state index is -4.27. The molecule has 0 fully saturated rings. The fourth-order valence-electron chi connectivity index (χ4n) is 1.28. The van der Waals surface area contributed by atoms with Gasteiger partial charge in [0, 0.05) is 6.04 Å². The summed E-state index contributed by atoms with van der Waals surface area (Å²) in [5.74, 6) is 0.0537. The van der Waals surface area contributed by atoms with E-state index in [0.29, 0.717) is 11.1 Å². The molecule has 0 saturated heterocycles. The maximum Gasteiger partial charge on any atom is 0.390 e. The van der Waals surface area contributed by atoms with Crippen LogP contribution in [0.4, 0.5) is 13.2 Å². The number of rotatable bonds is 2. The number of aryl methyl sites for hydroxylation is 1. The molecule has 1 rings (SSSR count). The van der Waals surface area contributed by atoms with Crippen molar-refractivity contribution in [3.05, 3.63) is 29.3 Å². The first-order chi connectivity index (χ1) is 6.79. The van der Waals surface area contributed by atoms with E-state index >= 15 is 0 Å². The summed E-state index contributed by atoms with van der Waals surface area (Å²) in [6.45, 7) is 1.61. The van der Waals surface area contributed by atoms with Crippen LogP contribution in [0.1, 0.15) is 23.6 Å². The fraction of sp³-hybridized carbons (Fsp3) is 0.400. The highest BCUT2D eigenvalue weighted by Crippen LogP contribution is 2.29. The average Bonchev–Trinajstić information content (AvgIpc) is 2.06. The zero-order valence-electron chi connectivity index (χ0n) is 8.17. The summed E-state index contributed by atoms with van der Waals surface area (Å²) in [5.41, 5.74) is 6.29. The highest BCUT2D eigenvalue weighted by atomic mass is 19.4. The van der Waals surface area contributed by atoms with Crippen molar-refractivity contribution < 1.29 is 18.3 Å². The summed E-state index contributed by atoms with van der Waals surface area (Å²) < 4.78 is 36.1. The summed E-state index contributed by atoms with van der Waals surface area (Å²) >= 11 is 0. The minimum absolute atomic E-state index is 0.0537. The number of benzene rings is 1. The average molecular weight is 219 g/mol. The van der Waals surface area contributed by atoms with Gasteiger partial charge in [-0.05, 0) is 24.1 Å². The second kappa shape index (κ2) is 4.10. The van der Waals surface area contributed by atoms with Gasteiger partial charge >= 0.3 is 6.18 Å². The first-order valence-electron chi connectivity index (χ1n) is 4.41. The van der Waals surface area contributed by atoms with Crippen LogP contribution in [0.3, 0.4) is 0 Å². The summed E-state index contributed by atoms with van der Waals surface area (Å²) in [7, 11) is 0. The van der Waals surface area contributed by atoms with Gasteiger partial charge in [-0.3, -0.25) is 0 Å². The van der Waals surface area contributed by atoms with Crippen molar-refractivity contribution in [2.45, 2.75) is 25.6 Å². The molecule has 0 aliphatic carbocycles. The van der Waals surface area contributed by atoms with Crippen molar-refractivity contribution in [3.63, 3.8) is 0 Å². The second-order valence-corrected chi connectivity index (χ2v) is 3.47. The van der Waals surface area contributed by atoms with Crippen LogP contribution < -0.4 is 5.73 Å². The van der Waals surface area contributed by atoms with Gasteiger partial charge in [0.15, 0.2) is 0 Å². The van der Waals surface area contributed by atoms with E-state index < -0.39 is 18.6 Å². The van der Waals surface area contributed by atoms with Crippen molar-refractivity contribution in [1.82, 2.24) is 0 Å². The van der Waals surface area contributed by atoms with E-state index in [1.54, 1.807) is 6.92 Å². The molecule has 0 aromatic heterocycles. The van der Waals surface area contributed by atoms with Gasteiger partial charge in [0.25, 0.3) is 0 Å². The molecule has 1 aromatic carbocycles. The molecule has 0 amide bonds. The molecule has 0 radical (unpaired) electrons. The van der Waals surface area contributed by atoms with E-state index in [9.17, 15) is 18.3 Å². The van der Waals surface area contributed by atoms with Crippen molar-refractivity contribution in [2.75, 3.05) is 0 Å². The number of hydrogen-bond donors (Lipinski definition) is 2. The lowest BCUT2D eigenvalue weighted by Crippen LogP contribution is -2.20. The molecule has 0 unspecified atom stereocenters. The minimum Gasteiger partial charge on any atom is -0.508 e. The normalized spacial score (nSPS) is 13.9. The number of alkyl halides is 3. The van der Waals surface area contributed by atoms with Crippen LogP contribution in [0.5, 0.6) is 5.75 Å². The highest BCUT2D eigenvalue weighted by Gasteiger charge is 2.30. The SMILES string of the molecule is Cc1cc([C@@H](N)CC(F)(F)F)ccc1O. The van der Waals surface area contributed by atoms with Gasteiger partial charge in [-0.2, -0.15) is 13.2 Å². The molecule has 2 nitrogen and oxygen atoms in total. The molecule has 0 heterocycles. The molecule has 3 N–H and O–H groups in total. The zero-order valence-corrected chi connectivity index (χ0v) is 8.17. The Morgan fingerprint density at radius 2 is 2.00 bits per heavy atom. The van der Waals surface area contributed by atoms with Crippen molar-refractivity contribution in [1.29, 1.82) is 0 Å². The van der Waals surface area contributed by atoms with Gasteiger partial charge in [-0.15, -0.1) is 0 Å². The molecule has 0 aliphatic rings. The first-order valence-corrected chi connectivity index (χ1v) is 4.41. The molecule has 0 bridgehead atoms. The Bertz CT molecular complexity index is 349. The molecule has 5 heteroatoms. The van der Waals surface area contributed by atoms with Crippen LogP contribution in [-0.4, -0.2) is 11.3 Å². The summed E-state index contributed by atoms with van der Waals surface area (Å²) in [6, 6.07) is 3.13. The van der Waals surface area contributed by atoms with Gasteiger partial charge < -0.3 is 10.8 Å². The summed E-state index contributed by atoms with van der Waals surface area (Å²) in [6.07, 6.45) is -5.33. The third-order valence-electron chi connectivity index (χ3n) is 2.10. The van der Waals surface area contributed by atoms with Gasteiger partial charge in [-0.25, -0.2) is 0 Å². The standard InChI is InChI=1S/C10H12F3NO/c1-6-4-7(2-3-9(6)15)8(14)5-10(11,12)13/h2-4,8,15H,5,14H2,1H3/t8-/m0/s1. The van der Waals surface area contributed by atoms with E-state index in [-0.39, 0.29) is 5.75 Å². The predicted octanol–water partition coefficient (Wildman–Crippen LogP) is 2.65. The Balaban J connectivity index is 2.83. The molecule has 84 valence electrons. The molecular formula is C10H12F3NO. The number of phenols is 1. The number of nitrogens with two attached hydrogens (primary N) is 1. The Kier molecular flexibility index (Phi) is 3.24. The van der Waals surface area contributed by atoms with Crippen LogP contribution in [-0.2, 0) is 0 Å². The topological polar surface area (TPSA) is 46.2 Å². The quantitative estimate of drug-likeness (QED) is 0.803. The first kappa shape index (κ1) is 11.8. The molecular weight excluding hydrogens is 207 g/mol. The summed E-state index contributed by atoms with van der Waals surface area (Å²) in [4.78, 5) is 0. The zero-order chi connectivity index (χ0) is 11.6. The van der Waals surface area contributed by atoms with Gasteiger partial charge in [0.2, 0.25) is 0 Å². The number of hydrogen-bond acceptors (Lipinski definition) is 2. The van der Waals surface area contributed by atoms with E-state index in [1.807, 2.05) is 0 Å². The van der Waals surface area contributed by atoms with Crippen molar-refractivity contribution in [2.24, 2.45) is 5.73 Å². The van der Waals surface area contributed by atoms with Crippen LogP contribution in [0.2, 0.25) is 0 Å². The van der Waals surface area contributed by atoms with Crippen LogP contribution in [0, 0.1) is 6.92 Å². The van der Waals surface area contributed by atoms with Gasteiger partial charge in [0.1, 0.15) is 5.75 Å². The lowest BCUT2D eigenvalue weighted by atomic mass is 10.0. The largest absolute Gasteiger partial charge is 0.508 e. The Morgan fingerprint density at radius 3 is 2.47 bits per heavy atom. The molecule has 1 atom stereocenters. The Labute approximate surface area is 85.5 Å². The van der Waals surface area contributed by atoms with Crippen LogP contribution in [0.15, 0.2) is 18.2 Å². The molecule has 0 aliphatic heterocycles. The maximum absolute atomic E-state index is 12.0. The van der Waals surface area contributed by atoms with Gasteiger partial charge in [-0.1, -0.05) is 12.1 Å².